The number of halogens is 1. The molecular formula is C20H24ClNO3. The summed E-state index contributed by atoms with van der Waals surface area (Å²) in [4.78, 5) is 12.2. The minimum atomic E-state index is -0.724. The molecule has 2 atom stereocenters. The number of likely N-dealkylation sites (N-methyl/N-ethyl adjacent to an activating group) is 1. The highest BCUT2D eigenvalue weighted by molar-refractivity contribution is 6.30. The fourth-order valence-corrected chi connectivity index (χ4v) is 2.92. The van der Waals surface area contributed by atoms with E-state index in [1.54, 1.807) is 13.1 Å². The second-order valence-electron chi connectivity index (χ2n) is 6.10. The maximum absolute atomic E-state index is 12.2. The molecule has 2 aromatic rings. The lowest BCUT2D eigenvalue weighted by Crippen LogP contribution is -2.29. The molecule has 0 saturated carbocycles. The molecule has 134 valence electrons. The highest BCUT2D eigenvalue weighted by Crippen LogP contribution is 2.35. The molecule has 2 unspecified atom stereocenters. The minimum Gasteiger partial charge on any atom is -0.485 e. The van der Waals surface area contributed by atoms with Gasteiger partial charge in [0.25, 0.3) is 5.91 Å². The molecule has 2 rings (SSSR count). The van der Waals surface area contributed by atoms with Crippen molar-refractivity contribution in [2.75, 3.05) is 14.2 Å². The molecule has 25 heavy (non-hydrogen) atoms. The molecule has 0 aromatic heterocycles. The average Bonchev–Trinajstić information content (AvgIpc) is 2.61. The first-order chi connectivity index (χ1) is 12.0. The second-order valence-corrected chi connectivity index (χ2v) is 6.54. The van der Waals surface area contributed by atoms with E-state index in [2.05, 4.69) is 19.2 Å². The van der Waals surface area contributed by atoms with E-state index >= 15 is 0 Å². The SMILES string of the molecule is CNC(=O)C(OC)c1ccc(Cl)cc1C(Oc1ccccc1)C(C)C. The number of methoxy groups -OCH3 is 1. The van der Waals surface area contributed by atoms with Crippen molar-refractivity contribution in [2.24, 2.45) is 5.92 Å². The van der Waals surface area contributed by atoms with Gasteiger partial charge in [0.05, 0.1) is 0 Å². The Balaban J connectivity index is 2.49. The van der Waals surface area contributed by atoms with Crippen LogP contribution in [-0.4, -0.2) is 20.1 Å². The first kappa shape index (κ1) is 19.3. The van der Waals surface area contributed by atoms with Crippen LogP contribution in [0.15, 0.2) is 48.5 Å². The number of rotatable bonds is 7. The number of para-hydroxylation sites is 1. The van der Waals surface area contributed by atoms with Crippen molar-refractivity contribution in [2.45, 2.75) is 26.1 Å². The molecule has 0 aliphatic heterocycles. The van der Waals surface area contributed by atoms with Crippen LogP contribution in [0.1, 0.15) is 37.2 Å². The van der Waals surface area contributed by atoms with Crippen LogP contribution in [-0.2, 0) is 9.53 Å². The molecule has 0 radical (unpaired) electrons. The zero-order valence-electron chi connectivity index (χ0n) is 15.0. The second kappa shape index (κ2) is 8.88. The Morgan fingerprint density at radius 1 is 1.08 bits per heavy atom. The predicted molar refractivity (Wildman–Crippen MR) is 99.9 cm³/mol. The van der Waals surface area contributed by atoms with Crippen LogP contribution < -0.4 is 10.1 Å². The molecular weight excluding hydrogens is 338 g/mol. The smallest absolute Gasteiger partial charge is 0.253 e. The summed E-state index contributed by atoms with van der Waals surface area (Å²) < 4.78 is 11.7. The Hall–Kier alpha value is -2.04. The molecule has 4 nitrogen and oxygen atoms in total. The fourth-order valence-electron chi connectivity index (χ4n) is 2.74. The van der Waals surface area contributed by atoms with E-state index < -0.39 is 6.10 Å². The number of hydrogen-bond donors (Lipinski definition) is 1. The van der Waals surface area contributed by atoms with Crippen LogP contribution in [0.5, 0.6) is 5.75 Å². The number of amides is 1. The van der Waals surface area contributed by atoms with Crippen molar-refractivity contribution in [3.63, 3.8) is 0 Å². The van der Waals surface area contributed by atoms with Gasteiger partial charge < -0.3 is 14.8 Å². The summed E-state index contributed by atoms with van der Waals surface area (Å²) in [7, 11) is 3.10. The average molecular weight is 362 g/mol. The van der Waals surface area contributed by atoms with Crippen molar-refractivity contribution < 1.29 is 14.3 Å². The third kappa shape index (κ3) is 4.74. The van der Waals surface area contributed by atoms with Crippen LogP contribution in [0.2, 0.25) is 5.02 Å². The predicted octanol–water partition coefficient (Wildman–Crippen LogP) is 4.55. The quantitative estimate of drug-likeness (QED) is 0.787. The zero-order valence-corrected chi connectivity index (χ0v) is 15.7. The third-order valence-corrected chi connectivity index (χ3v) is 4.20. The van der Waals surface area contributed by atoms with Crippen LogP contribution in [0.3, 0.4) is 0 Å². The largest absolute Gasteiger partial charge is 0.485 e. The highest BCUT2D eigenvalue weighted by atomic mass is 35.5. The van der Waals surface area contributed by atoms with Crippen molar-refractivity contribution in [1.29, 1.82) is 0 Å². The molecule has 5 heteroatoms. The summed E-state index contributed by atoms with van der Waals surface area (Å²) in [5.74, 6) is 0.717. The van der Waals surface area contributed by atoms with Crippen LogP contribution in [0, 0.1) is 5.92 Å². The van der Waals surface area contributed by atoms with Gasteiger partial charge in [-0.2, -0.15) is 0 Å². The van der Waals surface area contributed by atoms with Crippen LogP contribution in [0.25, 0.3) is 0 Å². The van der Waals surface area contributed by atoms with E-state index in [-0.39, 0.29) is 17.9 Å². The molecule has 0 aliphatic carbocycles. The summed E-state index contributed by atoms with van der Waals surface area (Å²) >= 11 is 6.23. The summed E-state index contributed by atoms with van der Waals surface area (Å²) in [6.07, 6.45) is -0.990. The van der Waals surface area contributed by atoms with E-state index in [4.69, 9.17) is 21.1 Å². The molecule has 0 spiro atoms. The van der Waals surface area contributed by atoms with Gasteiger partial charge in [-0.25, -0.2) is 0 Å². The lowest BCUT2D eigenvalue weighted by atomic mass is 9.91. The normalized spacial score (nSPS) is 13.4. The number of ether oxygens (including phenoxy) is 2. The van der Waals surface area contributed by atoms with Gasteiger partial charge >= 0.3 is 0 Å². The van der Waals surface area contributed by atoms with Crippen LogP contribution >= 0.6 is 11.6 Å². The lowest BCUT2D eigenvalue weighted by Gasteiger charge is -2.27. The van der Waals surface area contributed by atoms with E-state index in [1.165, 1.54) is 7.11 Å². The summed E-state index contributed by atoms with van der Waals surface area (Å²) in [5.41, 5.74) is 1.60. The summed E-state index contributed by atoms with van der Waals surface area (Å²) in [6, 6.07) is 15.0. The molecule has 1 N–H and O–H groups in total. The lowest BCUT2D eigenvalue weighted by molar-refractivity contribution is -0.131. The van der Waals surface area contributed by atoms with Gasteiger partial charge in [-0.05, 0) is 35.7 Å². The number of nitrogens with one attached hydrogen (secondary N) is 1. The summed E-state index contributed by atoms with van der Waals surface area (Å²) in [6.45, 7) is 4.14. The molecule has 0 bridgehead atoms. The van der Waals surface area contributed by atoms with Crippen molar-refractivity contribution in [3.8, 4) is 5.75 Å². The van der Waals surface area contributed by atoms with Crippen molar-refractivity contribution in [1.82, 2.24) is 5.32 Å². The molecule has 0 saturated heterocycles. The topological polar surface area (TPSA) is 47.6 Å². The molecule has 2 aromatic carbocycles. The summed E-state index contributed by atoms with van der Waals surface area (Å²) in [5, 5.41) is 3.23. The fraction of sp³-hybridized carbons (Fsp3) is 0.350. The Bertz CT molecular complexity index is 703. The van der Waals surface area contributed by atoms with Gasteiger partial charge in [-0.3, -0.25) is 4.79 Å². The van der Waals surface area contributed by atoms with E-state index in [0.29, 0.717) is 5.02 Å². The van der Waals surface area contributed by atoms with Crippen molar-refractivity contribution >= 4 is 17.5 Å². The number of benzene rings is 2. The van der Waals surface area contributed by atoms with Crippen LogP contribution in [0.4, 0.5) is 0 Å². The van der Waals surface area contributed by atoms with Gasteiger partial charge in [-0.15, -0.1) is 0 Å². The Labute approximate surface area is 154 Å². The Morgan fingerprint density at radius 2 is 1.76 bits per heavy atom. The Kier molecular flexibility index (Phi) is 6.85. The monoisotopic (exact) mass is 361 g/mol. The maximum Gasteiger partial charge on any atom is 0.253 e. The van der Waals surface area contributed by atoms with E-state index in [1.807, 2.05) is 42.5 Å². The van der Waals surface area contributed by atoms with E-state index in [0.717, 1.165) is 16.9 Å². The van der Waals surface area contributed by atoms with Gasteiger partial charge in [0.15, 0.2) is 6.10 Å². The van der Waals surface area contributed by atoms with Crippen molar-refractivity contribution in [3.05, 3.63) is 64.7 Å². The van der Waals surface area contributed by atoms with Gasteiger partial charge in [-0.1, -0.05) is 49.7 Å². The van der Waals surface area contributed by atoms with Gasteiger partial charge in [0.1, 0.15) is 11.9 Å². The number of carbonyl (C=O) groups is 1. The molecule has 1 amide bonds. The standard InChI is InChI=1S/C20H24ClNO3/c1-13(2)18(25-15-8-6-5-7-9-15)17-12-14(21)10-11-16(17)19(24-4)20(23)22-3/h5-13,18-19H,1-4H3,(H,22,23). The van der Waals surface area contributed by atoms with E-state index in [9.17, 15) is 4.79 Å². The molecule has 0 heterocycles. The Morgan fingerprint density at radius 3 is 2.32 bits per heavy atom. The maximum atomic E-state index is 12.2. The first-order valence-electron chi connectivity index (χ1n) is 8.23. The first-order valence-corrected chi connectivity index (χ1v) is 8.61. The highest BCUT2D eigenvalue weighted by Gasteiger charge is 2.28. The van der Waals surface area contributed by atoms with Gasteiger partial charge in [0.2, 0.25) is 0 Å². The zero-order chi connectivity index (χ0) is 18.4. The molecule has 0 fully saturated rings. The third-order valence-electron chi connectivity index (χ3n) is 3.97. The number of hydrogen-bond acceptors (Lipinski definition) is 3. The van der Waals surface area contributed by atoms with Gasteiger partial charge in [0, 0.05) is 24.7 Å². The minimum absolute atomic E-state index is 0.166. The molecule has 0 aliphatic rings. The number of carbonyl (C=O) groups excluding carboxylic acids is 1.